The number of hydrogen-bond donors (Lipinski definition) is 1. The van der Waals surface area contributed by atoms with Crippen LogP contribution >= 0.6 is 0 Å². The third-order valence-electron chi connectivity index (χ3n) is 6.41. The predicted octanol–water partition coefficient (Wildman–Crippen LogP) is 6.47. The number of fused-ring (bicyclic) bond motifs is 2. The largest absolute Gasteiger partial charge is 0.399 e. The zero-order valence-corrected chi connectivity index (χ0v) is 17.4. The van der Waals surface area contributed by atoms with Gasteiger partial charge in [-0.1, -0.05) is 84.9 Å². The van der Waals surface area contributed by atoms with Gasteiger partial charge >= 0.3 is 0 Å². The fraction of sp³-hybridized carbons (Fsp3) is 0.172. The molecule has 3 aromatic carbocycles. The van der Waals surface area contributed by atoms with Crippen molar-refractivity contribution in [1.82, 2.24) is 0 Å². The first-order chi connectivity index (χ1) is 14.7. The van der Waals surface area contributed by atoms with E-state index in [0.29, 0.717) is 0 Å². The standard InChI is InChI=1S/C29H27N/c1-20-9-2-5-14-25(20)28(23-12-8-13-24(30)19-23)29-26-15-6-3-10-21(26)17-18-22-11-4-7-16-27(22)29/h2-11,13-16,19,23H,12,17-18,30H2,1H3. The Kier molecular flexibility index (Phi) is 4.88. The van der Waals surface area contributed by atoms with E-state index < -0.39 is 0 Å². The van der Waals surface area contributed by atoms with E-state index in [0.717, 1.165) is 25.0 Å². The number of hydrogen-bond acceptors (Lipinski definition) is 1. The molecule has 0 bridgehead atoms. The van der Waals surface area contributed by atoms with Gasteiger partial charge in [-0.05, 0) is 76.8 Å². The van der Waals surface area contributed by atoms with Gasteiger partial charge in [0, 0.05) is 11.6 Å². The molecule has 0 fully saturated rings. The Morgan fingerprint density at radius 2 is 1.40 bits per heavy atom. The van der Waals surface area contributed by atoms with Crippen LogP contribution in [0.2, 0.25) is 0 Å². The van der Waals surface area contributed by atoms with Gasteiger partial charge in [0.2, 0.25) is 0 Å². The molecule has 2 N–H and O–H groups in total. The second-order valence-electron chi connectivity index (χ2n) is 8.33. The van der Waals surface area contributed by atoms with E-state index in [1.165, 1.54) is 44.5 Å². The highest BCUT2D eigenvalue weighted by Gasteiger charge is 2.26. The zero-order valence-electron chi connectivity index (χ0n) is 17.4. The molecule has 0 aliphatic heterocycles. The molecule has 0 spiro atoms. The van der Waals surface area contributed by atoms with Gasteiger partial charge in [0.05, 0.1) is 0 Å². The predicted molar refractivity (Wildman–Crippen MR) is 127 cm³/mol. The fourth-order valence-corrected chi connectivity index (χ4v) is 4.97. The Morgan fingerprint density at radius 3 is 2.03 bits per heavy atom. The summed E-state index contributed by atoms with van der Waals surface area (Å²) in [5.74, 6) is 0.255. The van der Waals surface area contributed by atoms with Crippen LogP contribution in [0.25, 0.3) is 11.1 Å². The van der Waals surface area contributed by atoms with Crippen LogP contribution in [-0.4, -0.2) is 0 Å². The summed E-state index contributed by atoms with van der Waals surface area (Å²) in [5.41, 5.74) is 18.1. The smallest absolute Gasteiger partial charge is 0.0276 e. The van der Waals surface area contributed by atoms with Crippen LogP contribution in [0.1, 0.15) is 39.8 Å². The summed E-state index contributed by atoms with van der Waals surface area (Å²) in [7, 11) is 0. The quantitative estimate of drug-likeness (QED) is 0.534. The third kappa shape index (κ3) is 3.31. The summed E-state index contributed by atoms with van der Waals surface area (Å²) >= 11 is 0. The maximum Gasteiger partial charge on any atom is 0.0276 e. The van der Waals surface area contributed by atoms with E-state index >= 15 is 0 Å². The second-order valence-corrected chi connectivity index (χ2v) is 8.33. The van der Waals surface area contributed by atoms with E-state index in [-0.39, 0.29) is 5.92 Å². The number of aryl methyl sites for hydroxylation is 3. The van der Waals surface area contributed by atoms with E-state index in [4.69, 9.17) is 5.73 Å². The minimum Gasteiger partial charge on any atom is -0.399 e. The SMILES string of the molecule is Cc1ccccc1C(=C1c2ccccc2CCc2ccccc21)C1C=C(N)C=CC1. The molecule has 0 amide bonds. The number of rotatable bonds is 2. The maximum atomic E-state index is 6.28. The molecular formula is C29H27N. The third-order valence-corrected chi connectivity index (χ3v) is 6.41. The molecule has 3 aromatic rings. The molecule has 0 saturated heterocycles. The highest BCUT2D eigenvalue weighted by Crippen LogP contribution is 2.44. The highest BCUT2D eigenvalue weighted by atomic mass is 14.6. The first-order valence-corrected chi connectivity index (χ1v) is 10.8. The van der Waals surface area contributed by atoms with Crippen LogP contribution < -0.4 is 5.73 Å². The Balaban J connectivity index is 1.90. The molecule has 1 unspecified atom stereocenters. The lowest BCUT2D eigenvalue weighted by Gasteiger charge is -2.26. The molecule has 2 aliphatic carbocycles. The Hall–Kier alpha value is -3.32. The normalized spacial score (nSPS) is 17.6. The highest BCUT2D eigenvalue weighted by molar-refractivity contribution is 6.02. The molecular weight excluding hydrogens is 362 g/mol. The van der Waals surface area contributed by atoms with Crippen LogP contribution in [-0.2, 0) is 12.8 Å². The molecule has 1 heteroatoms. The Labute approximate surface area is 179 Å². The number of nitrogens with two attached hydrogens (primary N) is 1. The van der Waals surface area contributed by atoms with Gasteiger partial charge in [-0.3, -0.25) is 0 Å². The Morgan fingerprint density at radius 1 is 0.800 bits per heavy atom. The Bertz CT molecular complexity index is 1140. The molecule has 30 heavy (non-hydrogen) atoms. The lowest BCUT2D eigenvalue weighted by atomic mass is 9.78. The van der Waals surface area contributed by atoms with E-state index in [1.807, 2.05) is 6.08 Å². The van der Waals surface area contributed by atoms with E-state index in [9.17, 15) is 0 Å². The van der Waals surface area contributed by atoms with Gasteiger partial charge in [-0.25, -0.2) is 0 Å². The summed E-state index contributed by atoms with van der Waals surface area (Å²) in [6.07, 6.45) is 9.60. The van der Waals surface area contributed by atoms with Crippen LogP contribution in [0.5, 0.6) is 0 Å². The first-order valence-electron chi connectivity index (χ1n) is 10.8. The van der Waals surface area contributed by atoms with E-state index in [1.54, 1.807) is 0 Å². The summed E-state index contributed by atoms with van der Waals surface area (Å²) in [4.78, 5) is 0. The van der Waals surface area contributed by atoms with Crippen molar-refractivity contribution < 1.29 is 0 Å². The molecule has 2 aliphatic rings. The van der Waals surface area contributed by atoms with Gasteiger partial charge in [0.1, 0.15) is 0 Å². The van der Waals surface area contributed by atoms with Crippen LogP contribution in [0.15, 0.2) is 96.7 Å². The molecule has 0 radical (unpaired) electrons. The van der Waals surface area contributed by atoms with Crippen molar-refractivity contribution in [3.63, 3.8) is 0 Å². The fourth-order valence-electron chi connectivity index (χ4n) is 4.97. The average molecular weight is 390 g/mol. The van der Waals surface area contributed by atoms with Gasteiger partial charge < -0.3 is 5.73 Å². The van der Waals surface area contributed by atoms with Gasteiger partial charge in [0.25, 0.3) is 0 Å². The minimum absolute atomic E-state index is 0.255. The monoisotopic (exact) mass is 389 g/mol. The molecule has 1 nitrogen and oxygen atoms in total. The zero-order chi connectivity index (χ0) is 20.5. The number of benzene rings is 3. The van der Waals surface area contributed by atoms with Crippen molar-refractivity contribution >= 4 is 11.1 Å². The minimum atomic E-state index is 0.255. The van der Waals surface area contributed by atoms with Crippen molar-refractivity contribution in [2.24, 2.45) is 11.7 Å². The topological polar surface area (TPSA) is 26.0 Å². The molecule has 0 saturated carbocycles. The maximum absolute atomic E-state index is 6.28. The van der Waals surface area contributed by atoms with Crippen molar-refractivity contribution in [2.75, 3.05) is 0 Å². The molecule has 0 aromatic heterocycles. The molecule has 148 valence electrons. The van der Waals surface area contributed by atoms with Crippen molar-refractivity contribution in [2.45, 2.75) is 26.2 Å². The van der Waals surface area contributed by atoms with Crippen LogP contribution in [0.4, 0.5) is 0 Å². The molecule has 5 rings (SSSR count). The first kappa shape index (κ1) is 18.7. The average Bonchev–Trinajstić information content (AvgIpc) is 2.93. The molecule has 0 heterocycles. The van der Waals surface area contributed by atoms with Crippen molar-refractivity contribution in [3.05, 3.63) is 130 Å². The molecule has 1 atom stereocenters. The van der Waals surface area contributed by atoms with Gasteiger partial charge in [-0.2, -0.15) is 0 Å². The summed E-state index contributed by atoms with van der Waals surface area (Å²) < 4.78 is 0. The van der Waals surface area contributed by atoms with Gasteiger partial charge in [0.15, 0.2) is 0 Å². The van der Waals surface area contributed by atoms with Crippen molar-refractivity contribution in [1.29, 1.82) is 0 Å². The lowest BCUT2D eigenvalue weighted by Crippen LogP contribution is -2.11. The van der Waals surface area contributed by atoms with Crippen LogP contribution in [0.3, 0.4) is 0 Å². The van der Waals surface area contributed by atoms with E-state index in [2.05, 4.69) is 91.9 Å². The second kappa shape index (κ2) is 7.84. The van der Waals surface area contributed by atoms with Gasteiger partial charge in [-0.15, -0.1) is 0 Å². The number of allylic oxidation sites excluding steroid dienone is 4. The van der Waals surface area contributed by atoms with Crippen LogP contribution in [0, 0.1) is 12.8 Å². The summed E-state index contributed by atoms with van der Waals surface area (Å²) in [6, 6.07) is 26.6. The van der Waals surface area contributed by atoms with Crippen molar-refractivity contribution in [3.8, 4) is 0 Å². The lowest BCUT2D eigenvalue weighted by molar-refractivity contribution is 0.830. The summed E-state index contributed by atoms with van der Waals surface area (Å²) in [6.45, 7) is 2.22. The summed E-state index contributed by atoms with van der Waals surface area (Å²) in [5, 5.41) is 0.